The van der Waals surface area contributed by atoms with E-state index >= 15 is 0 Å². The van der Waals surface area contributed by atoms with Crippen molar-refractivity contribution in [3.8, 4) is 5.75 Å². The number of Topliss-reactive ketones (excluding diaryl/α,β-unsaturated/α-hetero) is 1. The first-order valence-corrected chi connectivity index (χ1v) is 7.88. The van der Waals surface area contributed by atoms with Crippen LogP contribution in [-0.2, 0) is 20.0 Å². The molecule has 2 heterocycles. The summed E-state index contributed by atoms with van der Waals surface area (Å²) in [6, 6.07) is 5.24. The van der Waals surface area contributed by atoms with Gasteiger partial charge in [0.15, 0.2) is 5.78 Å². The summed E-state index contributed by atoms with van der Waals surface area (Å²) in [5.41, 5.74) is 2.83. The number of nitrogens with zero attached hydrogens (tertiary/aromatic N) is 3. The first-order valence-electron chi connectivity index (χ1n) is 7.88. The fraction of sp³-hybridized carbons (Fsp3) is 0.333. The Balaban J connectivity index is 1.78. The Hall–Kier alpha value is -2.56. The van der Waals surface area contributed by atoms with Crippen molar-refractivity contribution in [2.24, 2.45) is 13.0 Å². The zero-order chi connectivity index (χ0) is 16.1. The van der Waals surface area contributed by atoms with Gasteiger partial charge in [0, 0.05) is 54.6 Å². The van der Waals surface area contributed by atoms with Crippen LogP contribution in [0.5, 0.6) is 5.75 Å². The highest BCUT2D eigenvalue weighted by Crippen LogP contribution is 2.35. The zero-order valence-corrected chi connectivity index (χ0v) is 13.3. The predicted octanol–water partition coefficient (Wildman–Crippen LogP) is 2.83. The third kappa shape index (κ3) is 2.07. The van der Waals surface area contributed by atoms with Crippen molar-refractivity contribution in [3.63, 3.8) is 0 Å². The van der Waals surface area contributed by atoms with E-state index in [1.807, 2.05) is 35.4 Å². The first kappa shape index (κ1) is 14.1. The number of carbonyl (C=O) groups is 1. The van der Waals surface area contributed by atoms with Gasteiger partial charge in [0.25, 0.3) is 0 Å². The van der Waals surface area contributed by atoms with Gasteiger partial charge < -0.3 is 14.2 Å². The highest BCUT2D eigenvalue weighted by molar-refractivity contribution is 6.11. The van der Waals surface area contributed by atoms with Gasteiger partial charge in [-0.3, -0.25) is 4.79 Å². The molecule has 0 saturated carbocycles. The molecule has 118 valence electrons. The van der Waals surface area contributed by atoms with Crippen molar-refractivity contribution >= 4 is 16.7 Å². The second-order valence-electron chi connectivity index (χ2n) is 6.31. The van der Waals surface area contributed by atoms with Gasteiger partial charge in [-0.2, -0.15) is 0 Å². The van der Waals surface area contributed by atoms with Crippen LogP contribution in [0, 0.1) is 12.8 Å². The van der Waals surface area contributed by atoms with Crippen LogP contribution in [-0.4, -0.2) is 25.0 Å². The van der Waals surface area contributed by atoms with E-state index in [1.54, 1.807) is 18.3 Å². The van der Waals surface area contributed by atoms with E-state index in [0.717, 1.165) is 40.8 Å². The number of fused-ring (bicyclic) bond motifs is 3. The first-order chi connectivity index (χ1) is 11.1. The van der Waals surface area contributed by atoms with Crippen LogP contribution in [0.4, 0.5) is 0 Å². The van der Waals surface area contributed by atoms with Crippen molar-refractivity contribution < 1.29 is 9.90 Å². The van der Waals surface area contributed by atoms with Crippen LogP contribution >= 0.6 is 0 Å². The van der Waals surface area contributed by atoms with E-state index in [-0.39, 0.29) is 17.5 Å². The fourth-order valence-corrected chi connectivity index (χ4v) is 3.70. The molecule has 1 N–H and O–H groups in total. The molecular formula is C18H19N3O2. The summed E-state index contributed by atoms with van der Waals surface area (Å²) < 4.78 is 4.09. The van der Waals surface area contributed by atoms with Gasteiger partial charge in [-0.1, -0.05) is 0 Å². The number of aromatic hydroxyl groups is 1. The van der Waals surface area contributed by atoms with Gasteiger partial charge in [0.05, 0.1) is 5.52 Å². The van der Waals surface area contributed by atoms with Crippen molar-refractivity contribution in [1.29, 1.82) is 0 Å². The molecule has 0 unspecified atom stereocenters. The van der Waals surface area contributed by atoms with Crippen LogP contribution in [0.1, 0.15) is 28.3 Å². The molecule has 0 bridgehead atoms. The van der Waals surface area contributed by atoms with Crippen LogP contribution < -0.4 is 0 Å². The van der Waals surface area contributed by atoms with Crippen molar-refractivity contribution in [2.45, 2.75) is 26.3 Å². The number of imidazole rings is 1. The Morgan fingerprint density at radius 2 is 2.22 bits per heavy atom. The van der Waals surface area contributed by atoms with Crippen LogP contribution in [0.3, 0.4) is 0 Å². The second-order valence-corrected chi connectivity index (χ2v) is 6.31. The molecule has 0 saturated heterocycles. The lowest BCUT2D eigenvalue weighted by Crippen LogP contribution is -2.27. The quantitative estimate of drug-likeness (QED) is 0.792. The maximum Gasteiger partial charge on any atom is 0.170 e. The number of phenolic OH excluding ortho intramolecular Hbond substituents is 1. The number of hydrogen-bond acceptors (Lipinski definition) is 3. The highest BCUT2D eigenvalue weighted by Gasteiger charge is 2.32. The minimum absolute atomic E-state index is 0.0187. The maximum atomic E-state index is 13.1. The predicted molar refractivity (Wildman–Crippen MR) is 87.7 cm³/mol. The number of rotatable bonds is 2. The van der Waals surface area contributed by atoms with Gasteiger partial charge in [-0.15, -0.1) is 0 Å². The molecule has 3 aromatic rings. The molecule has 0 spiro atoms. The van der Waals surface area contributed by atoms with Crippen molar-refractivity contribution in [3.05, 3.63) is 47.7 Å². The van der Waals surface area contributed by atoms with Gasteiger partial charge >= 0.3 is 0 Å². The van der Waals surface area contributed by atoms with Gasteiger partial charge in [0.2, 0.25) is 0 Å². The molecule has 4 rings (SSSR count). The van der Waals surface area contributed by atoms with Crippen LogP contribution in [0.15, 0.2) is 30.6 Å². The molecule has 5 heteroatoms. The molecule has 0 fully saturated rings. The minimum atomic E-state index is -0.0187. The third-order valence-electron chi connectivity index (χ3n) is 4.99. The maximum absolute atomic E-state index is 13.1. The molecule has 0 aliphatic heterocycles. The Morgan fingerprint density at radius 3 is 2.96 bits per heavy atom. The molecule has 1 atom stereocenters. The molecule has 0 amide bonds. The van der Waals surface area contributed by atoms with Gasteiger partial charge in [-0.05, 0) is 31.9 Å². The molecule has 0 radical (unpaired) electrons. The summed E-state index contributed by atoms with van der Waals surface area (Å²) in [5.74, 6) is 1.35. The summed E-state index contributed by atoms with van der Waals surface area (Å²) in [6.07, 6.45) is 5.43. The monoisotopic (exact) mass is 309 g/mol. The number of aryl methyl sites for hydroxylation is 2. The molecule has 23 heavy (non-hydrogen) atoms. The highest BCUT2D eigenvalue weighted by atomic mass is 16.3. The zero-order valence-electron chi connectivity index (χ0n) is 13.3. The number of benzene rings is 1. The van der Waals surface area contributed by atoms with Crippen molar-refractivity contribution in [2.75, 3.05) is 0 Å². The topological polar surface area (TPSA) is 60.0 Å². The van der Waals surface area contributed by atoms with Gasteiger partial charge in [-0.25, -0.2) is 4.98 Å². The number of phenols is 1. The third-order valence-corrected chi connectivity index (χ3v) is 4.99. The second kappa shape index (κ2) is 4.98. The lowest BCUT2D eigenvalue weighted by atomic mass is 9.85. The lowest BCUT2D eigenvalue weighted by molar-refractivity contribution is 0.0888. The van der Waals surface area contributed by atoms with E-state index < -0.39 is 0 Å². The van der Waals surface area contributed by atoms with E-state index in [4.69, 9.17) is 0 Å². The standard InChI is InChI=1S/C18H19N3O2/c1-11-19-7-8-21(11)10-12-3-6-15-17(18(12)23)14-5-4-13(22)9-16(14)20(15)2/h4-5,7-9,12,22H,3,6,10H2,1-2H3/t12-/m1/s1. The van der Waals surface area contributed by atoms with Crippen LogP contribution in [0.2, 0.25) is 0 Å². The summed E-state index contributed by atoms with van der Waals surface area (Å²) in [6.45, 7) is 2.64. The van der Waals surface area contributed by atoms with Gasteiger partial charge in [0.1, 0.15) is 11.6 Å². The molecule has 1 aliphatic carbocycles. The lowest BCUT2D eigenvalue weighted by Gasteiger charge is -2.23. The molecule has 1 aromatic carbocycles. The van der Waals surface area contributed by atoms with E-state index in [2.05, 4.69) is 4.98 Å². The van der Waals surface area contributed by atoms with E-state index in [0.29, 0.717) is 6.54 Å². The largest absolute Gasteiger partial charge is 0.508 e. The number of aromatic nitrogens is 3. The Morgan fingerprint density at radius 1 is 1.39 bits per heavy atom. The summed E-state index contributed by atoms with van der Waals surface area (Å²) in [5, 5.41) is 10.7. The summed E-state index contributed by atoms with van der Waals surface area (Å²) in [7, 11) is 1.97. The van der Waals surface area contributed by atoms with Crippen LogP contribution in [0.25, 0.3) is 10.9 Å². The SMILES string of the molecule is Cc1nccn1C[C@H]1CCc2c(c3ccc(O)cc3n2C)C1=O. The summed E-state index contributed by atoms with van der Waals surface area (Å²) in [4.78, 5) is 17.3. The van der Waals surface area contributed by atoms with E-state index in [1.165, 1.54) is 0 Å². The molecular weight excluding hydrogens is 290 g/mol. The molecule has 5 nitrogen and oxygen atoms in total. The Labute approximate surface area is 134 Å². The fourth-order valence-electron chi connectivity index (χ4n) is 3.70. The molecule has 2 aromatic heterocycles. The smallest absolute Gasteiger partial charge is 0.170 e. The number of ketones is 1. The Kier molecular flexibility index (Phi) is 3.04. The minimum Gasteiger partial charge on any atom is -0.508 e. The average Bonchev–Trinajstić information content (AvgIpc) is 3.05. The van der Waals surface area contributed by atoms with E-state index in [9.17, 15) is 9.90 Å². The summed E-state index contributed by atoms with van der Waals surface area (Å²) >= 11 is 0. The number of carbonyl (C=O) groups excluding carboxylic acids is 1. The molecule has 1 aliphatic rings. The normalized spacial score (nSPS) is 17.7. The number of hydrogen-bond donors (Lipinski definition) is 1. The average molecular weight is 309 g/mol. The van der Waals surface area contributed by atoms with Crippen molar-refractivity contribution in [1.82, 2.24) is 14.1 Å². The Bertz CT molecular complexity index is 920.